The lowest BCUT2D eigenvalue weighted by Crippen LogP contribution is -2.10. The highest BCUT2D eigenvalue weighted by Gasteiger charge is 2.25. The summed E-state index contributed by atoms with van der Waals surface area (Å²) in [6.07, 6.45) is 1.78. The van der Waals surface area contributed by atoms with Crippen LogP contribution in [-0.4, -0.2) is 16.8 Å². The van der Waals surface area contributed by atoms with Crippen molar-refractivity contribution in [1.29, 1.82) is 0 Å². The largest absolute Gasteiger partial charge is 0.366 e. The van der Waals surface area contributed by atoms with Gasteiger partial charge in [0.25, 0.3) is 5.91 Å². The summed E-state index contributed by atoms with van der Waals surface area (Å²) in [5.74, 6) is -0.711. The molecule has 1 aliphatic rings. The van der Waals surface area contributed by atoms with Crippen molar-refractivity contribution in [3.8, 4) is 0 Å². The maximum atomic E-state index is 12.2. The molecule has 0 saturated carbocycles. The third-order valence-electron chi connectivity index (χ3n) is 3.94. The second kappa shape index (κ2) is 4.84. The number of rotatable bonds is 2. The molecule has 0 aliphatic carbocycles. The number of hydrogen-bond acceptors (Lipinski definition) is 2. The van der Waals surface area contributed by atoms with Crippen molar-refractivity contribution in [3.63, 3.8) is 0 Å². The number of primary amides is 1. The minimum atomic E-state index is -0.517. The lowest BCUT2D eigenvalue weighted by atomic mass is 10.0. The number of aromatic nitrogens is 1. The molecule has 0 atom stereocenters. The number of fused-ring (bicyclic) bond motifs is 2. The number of para-hydroxylation sites is 1. The van der Waals surface area contributed by atoms with Gasteiger partial charge in [-0.2, -0.15) is 0 Å². The number of carbonyl (C=O) groups excluding carboxylic acids is 2. The van der Waals surface area contributed by atoms with Crippen LogP contribution in [0.4, 0.5) is 5.69 Å². The van der Waals surface area contributed by atoms with Gasteiger partial charge < -0.3 is 16.0 Å². The molecule has 0 spiro atoms. The first-order valence-corrected chi connectivity index (χ1v) is 7.17. The van der Waals surface area contributed by atoms with E-state index in [4.69, 9.17) is 5.73 Å². The molecule has 1 aliphatic heterocycles. The van der Waals surface area contributed by atoms with Gasteiger partial charge in [0.2, 0.25) is 5.91 Å². The van der Waals surface area contributed by atoms with E-state index in [1.165, 1.54) is 0 Å². The van der Waals surface area contributed by atoms with Gasteiger partial charge in [0.15, 0.2) is 0 Å². The van der Waals surface area contributed by atoms with Gasteiger partial charge in [0.1, 0.15) is 0 Å². The second-order valence-corrected chi connectivity index (χ2v) is 5.45. The van der Waals surface area contributed by atoms with Crippen LogP contribution < -0.4 is 11.1 Å². The van der Waals surface area contributed by atoms with Gasteiger partial charge in [0.05, 0.1) is 5.57 Å². The Bertz CT molecular complexity index is 965. The minimum absolute atomic E-state index is 0.194. The monoisotopic (exact) mass is 303 g/mol. The molecular formula is C18H13N3O2. The predicted molar refractivity (Wildman–Crippen MR) is 89.8 cm³/mol. The Kier molecular flexibility index (Phi) is 2.81. The number of H-pyrrole nitrogens is 1. The quantitative estimate of drug-likeness (QED) is 0.636. The number of aromatic amines is 1. The van der Waals surface area contributed by atoms with Crippen molar-refractivity contribution in [2.45, 2.75) is 0 Å². The molecule has 2 aromatic carbocycles. The standard InChI is InChI=1S/C18H13N3O2/c19-17(22)11-5-6-16-13(8-11)14(18(23)21-16)9-12-7-10-3-1-2-4-15(10)20-12/h1-9,20H,(H2,19,22)(H,21,23). The molecule has 5 nitrogen and oxygen atoms in total. The van der Waals surface area contributed by atoms with E-state index in [9.17, 15) is 9.59 Å². The minimum Gasteiger partial charge on any atom is -0.366 e. The number of anilines is 1. The van der Waals surface area contributed by atoms with Gasteiger partial charge in [-0.05, 0) is 41.8 Å². The van der Waals surface area contributed by atoms with E-state index in [2.05, 4.69) is 10.3 Å². The third kappa shape index (κ3) is 2.19. The number of nitrogens with two attached hydrogens (primary N) is 1. The van der Waals surface area contributed by atoms with Gasteiger partial charge >= 0.3 is 0 Å². The molecule has 0 bridgehead atoms. The summed E-state index contributed by atoms with van der Waals surface area (Å²) in [4.78, 5) is 26.8. The van der Waals surface area contributed by atoms with Gasteiger partial charge in [-0.3, -0.25) is 9.59 Å². The van der Waals surface area contributed by atoms with Crippen LogP contribution in [0.25, 0.3) is 22.6 Å². The number of nitrogens with one attached hydrogen (secondary N) is 2. The summed E-state index contributed by atoms with van der Waals surface area (Å²) in [5, 5.41) is 3.87. The molecule has 0 fully saturated rings. The van der Waals surface area contributed by atoms with Crippen molar-refractivity contribution < 1.29 is 9.59 Å². The smallest absolute Gasteiger partial charge is 0.256 e. The molecule has 5 heteroatoms. The van der Waals surface area contributed by atoms with E-state index >= 15 is 0 Å². The highest BCUT2D eigenvalue weighted by molar-refractivity contribution is 6.35. The Morgan fingerprint density at radius 1 is 1.09 bits per heavy atom. The Hall–Kier alpha value is -3.34. The van der Waals surface area contributed by atoms with E-state index in [1.54, 1.807) is 24.3 Å². The number of carbonyl (C=O) groups is 2. The molecule has 112 valence electrons. The van der Waals surface area contributed by atoms with Crippen LogP contribution in [0.1, 0.15) is 21.6 Å². The molecule has 2 heterocycles. The average molecular weight is 303 g/mol. The van der Waals surface area contributed by atoms with Crippen molar-refractivity contribution >= 4 is 40.1 Å². The molecule has 2 amide bonds. The number of amides is 2. The van der Waals surface area contributed by atoms with Crippen molar-refractivity contribution in [3.05, 3.63) is 65.4 Å². The van der Waals surface area contributed by atoms with E-state index < -0.39 is 5.91 Å². The average Bonchev–Trinajstić information content (AvgIpc) is 3.08. The first-order chi connectivity index (χ1) is 11.1. The molecule has 4 N–H and O–H groups in total. The van der Waals surface area contributed by atoms with Crippen LogP contribution in [-0.2, 0) is 4.79 Å². The zero-order chi connectivity index (χ0) is 16.0. The maximum absolute atomic E-state index is 12.2. The third-order valence-corrected chi connectivity index (χ3v) is 3.94. The summed E-state index contributed by atoms with van der Waals surface area (Å²) in [7, 11) is 0. The molecule has 0 radical (unpaired) electrons. The zero-order valence-corrected chi connectivity index (χ0v) is 12.1. The molecule has 0 saturated heterocycles. The highest BCUT2D eigenvalue weighted by Crippen LogP contribution is 2.34. The molecule has 23 heavy (non-hydrogen) atoms. The van der Waals surface area contributed by atoms with E-state index in [1.807, 2.05) is 30.3 Å². The summed E-state index contributed by atoms with van der Waals surface area (Å²) >= 11 is 0. The first kappa shape index (κ1) is 13.3. The van der Waals surface area contributed by atoms with Crippen LogP contribution in [0.5, 0.6) is 0 Å². The van der Waals surface area contributed by atoms with E-state index in [-0.39, 0.29) is 5.91 Å². The van der Waals surface area contributed by atoms with Crippen LogP contribution in [0.3, 0.4) is 0 Å². The maximum Gasteiger partial charge on any atom is 0.256 e. The van der Waals surface area contributed by atoms with Gasteiger partial charge in [0, 0.05) is 28.0 Å². The normalized spacial score (nSPS) is 15.0. The Balaban J connectivity index is 1.84. The highest BCUT2D eigenvalue weighted by atomic mass is 16.2. The Morgan fingerprint density at radius 3 is 2.70 bits per heavy atom. The predicted octanol–water partition coefficient (Wildman–Crippen LogP) is 2.76. The Morgan fingerprint density at radius 2 is 1.91 bits per heavy atom. The fourth-order valence-corrected chi connectivity index (χ4v) is 2.81. The second-order valence-electron chi connectivity index (χ2n) is 5.45. The van der Waals surface area contributed by atoms with Gasteiger partial charge in [-0.15, -0.1) is 0 Å². The van der Waals surface area contributed by atoms with E-state index in [0.29, 0.717) is 22.4 Å². The SMILES string of the molecule is NC(=O)c1ccc2c(c1)C(=Cc1cc3ccccc3[nH]1)C(=O)N2. The first-order valence-electron chi connectivity index (χ1n) is 7.17. The fourth-order valence-electron chi connectivity index (χ4n) is 2.81. The van der Waals surface area contributed by atoms with Crippen molar-refractivity contribution in [2.24, 2.45) is 5.73 Å². The summed E-state index contributed by atoms with van der Waals surface area (Å²) < 4.78 is 0. The summed E-state index contributed by atoms with van der Waals surface area (Å²) in [6, 6.07) is 14.8. The summed E-state index contributed by atoms with van der Waals surface area (Å²) in [5.41, 5.74) is 9.41. The lowest BCUT2D eigenvalue weighted by molar-refractivity contribution is -0.110. The van der Waals surface area contributed by atoms with Crippen LogP contribution in [0.15, 0.2) is 48.5 Å². The molecular weight excluding hydrogens is 290 g/mol. The fraction of sp³-hybridized carbons (Fsp3) is 0. The molecule has 1 aromatic heterocycles. The van der Waals surface area contributed by atoms with Crippen LogP contribution in [0, 0.1) is 0 Å². The van der Waals surface area contributed by atoms with Crippen LogP contribution >= 0.6 is 0 Å². The Labute approximate surface area is 131 Å². The lowest BCUT2D eigenvalue weighted by Gasteiger charge is -2.01. The molecule has 4 rings (SSSR count). The van der Waals surface area contributed by atoms with E-state index in [0.717, 1.165) is 16.6 Å². The van der Waals surface area contributed by atoms with Gasteiger partial charge in [-0.25, -0.2) is 0 Å². The zero-order valence-electron chi connectivity index (χ0n) is 12.1. The van der Waals surface area contributed by atoms with Crippen molar-refractivity contribution in [1.82, 2.24) is 4.98 Å². The topological polar surface area (TPSA) is 88.0 Å². The van der Waals surface area contributed by atoms with Gasteiger partial charge in [-0.1, -0.05) is 18.2 Å². The van der Waals surface area contributed by atoms with Crippen LogP contribution in [0.2, 0.25) is 0 Å². The molecule has 0 unspecified atom stereocenters. The number of benzene rings is 2. The number of hydrogen-bond donors (Lipinski definition) is 3. The molecule has 3 aromatic rings. The van der Waals surface area contributed by atoms with Crippen molar-refractivity contribution in [2.75, 3.05) is 5.32 Å². The summed E-state index contributed by atoms with van der Waals surface area (Å²) in [6.45, 7) is 0.